The first kappa shape index (κ1) is 19.6. The van der Waals surface area contributed by atoms with Gasteiger partial charge in [-0.1, -0.05) is 13.8 Å². The molecule has 152 valence electrons. The molecule has 4 fully saturated rings. The van der Waals surface area contributed by atoms with Crippen molar-refractivity contribution in [2.24, 2.45) is 51.1 Å². The number of Topliss-reactive ketones (excluding diaryl/α,β-unsaturated/α-hetero) is 1. The fraction of sp³-hybridized carbons (Fsp3) is 0.913. The van der Waals surface area contributed by atoms with Crippen LogP contribution >= 0.6 is 0 Å². The molecule has 4 nitrogen and oxygen atoms in total. The normalized spacial score (nSPS) is 48.2. The van der Waals surface area contributed by atoms with E-state index in [2.05, 4.69) is 13.8 Å². The van der Waals surface area contributed by atoms with Crippen molar-refractivity contribution in [1.82, 2.24) is 0 Å². The fourth-order valence-electron chi connectivity index (χ4n) is 7.75. The van der Waals surface area contributed by atoms with Gasteiger partial charge in [-0.15, -0.1) is 0 Å². The van der Waals surface area contributed by atoms with E-state index in [-0.39, 0.29) is 12.0 Å². The molecule has 0 aromatic rings. The van der Waals surface area contributed by atoms with E-state index >= 15 is 0 Å². The summed E-state index contributed by atoms with van der Waals surface area (Å²) in [7, 11) is 0. The van der Waals surface area contributed by atoms with E-state index in [0.29, 0.717) is 41.4 Å². The van der Waals surface area contributed by atoms with Gasteiger partial charge in [-0.3, -0.25) is 9.79 Å². The molecule has 4 saturated carbocycles. The number of fused-ring (bicyclic) bond motifs is 5. The molecule has 4 aliphatic carbocycles. The van der Waals surface area contributed by atoms with Crippen molar-refractivity contribution in [3.05, 3.63) is 0 Å². The van der Waals surface area contributed by atoms with Crippen LogP contribution in [0.3, 0.4) is 0 Å². The first-order valence-electron chi connectivity index (χ1n) is 11.3. The van der Waals surface area contributed by atoms with Gasteiger partial charge in [-0.25, -0.2) is 0 Å². The number of ketones is 1. The van der Waals surface area contributed by atoms with Crippen molar-refractivity contribution in [1.29, 1.82) is 0 Å². The van der Waals surface area contributed by atoms with Crippen molar-refractivity contribution in [3.8, 4) is 0 Å². The summed E-state index contributed by atoms with van der Waals surface area (Å²) in [5.41, 5.74) is 7.21. The average Bonchev–Trinajstić information content (AvgIpc) is 2.96. The minimum atomic E-state index is -0.0755. The Balaban J connectivity index is 1.59. The number of rotatable bonds is 4. The second-order valence-corrected chi connectivity index (χ2v) is 10.4. The quantitative estimate of drug-likeness (QED) is 0.738. The van der Waals surface area contributed by atoms with Crippen LogP contribution in [0.15, 0.2) is 4.99 Å². The number of hydrogen-bond donors (Lipinski definition) is 2. The van der Waals surface area contributed by atoms with Crippen LogP contribution in [0.1, 0.15) is 71.6 Å². The van der Waals surface area contributed by atoms with Crippen LogP contribution in [0.25, 0.3) is 0 Å². The van der Waals surface area contributed by atoms with E-state index in [9.17, 15) is 9.90 Å². The van der Waals surface area contributed by atoms with Crippen LogP contribution in [0.4, 0.5) is 0 Å². The number of nitrogens with two attached hydrogens (primary N) is 1. The number of aliphatic hydroxyl groups excluding tert-OH is 1. The van der Waals surface area contributed by atoms with Gasteiger partial charge in [0.25, 0.3) is 0 Å². The van der Waals surface area contributed by atoms with Crippen LogP contribution in [0.5, 0.6) is 0 Å². The van der Waals surface area contributed by atoms with Gasteiger partial charge in [-0.05, 0) is 92.9 Å². The molecular formula is C23H38N2O2. The van der Waals surface area contributed by atoms with E-state index in [1.165, 1.54) is 18.6 Å². The Bertz CT molecular complexity index is 617. The van der Waals surface area contributed by atoms with Crippen molar-refractivity contribution in [3.63, 3.8) is 0 Å². The smallest absolute Gasteiger partial charge is 0.139 e. The summed E-state index contributed by atoms with van der Waals surface area (Å²) in [5, 5.41) is 10.3. The van der Waals surface area contributed by atoms with Gasteiger partial charge in [-0.2, -0.15) is 0 Å². The van der Waals surface area contributed by atoms with Gasteiger partial charge < -0.3 is 10.8 Å². The van der Waals surface area contributed by atoms with E-state index in [4.69, 9.17) is 10.7 Å². The number of nitrogens with zero attached hydrogens (tertiary/aromatic N) is 1. The SMILES string of the molecule is CC12CCC3C(CC(CO)C4CC(=NCCCN)CCC43C)C1CCC2=O. The molecule has 0 aromatic heterocycles. The largest absolute Gasteiger partial charge is 0.396 e. The van der Waals surface area contributed by atoms with Crippen LogP contribution in [0, 0.1) is 40.4 Å². The first-order valence-corrected chi connectivity index (χ1v) is 11.3. The van der Waals surface area contributed by atoms with Crippen molar-refractivity contribution in [2.75, 3.05) is 19.7 Å². The van der Waals surface area contributed by atoms with Crippen LogP contribution in [-0.4, -0.2) is 36.3 Å². The molecule has 0 spiro atoms. The predicted octanol–water partition coefficient (Wildman–Crippen LogP) is 3.61. The Morgan fingerprint density at radius 3 is 2.70 bits per heavy atom. The molecule has 0 aromatic carbocycles. The van der Waals surface area contributed by atoms with Gasteiger partial charge in [0, 0.05) is 30.7 Å². The molecule has 0 heterocycles. The van der Waals surface area contributed by atoms with Crippen LogP contribution in [0.2, 0.25) is 0 Å². The number of hydrogen-bond acceptors (Lipinski definition) is 4. The molecule has 7 unspecified atom stereocenters. The number of carbonyl (C=O) groups is 1. The molecule has 0 aliphatic heterocycles. The minimum Gasteiger partial charge on any atom is -0.396 e. The Morgan fingerprint density at radius 1 is 1.15 bits per heavy atom. The van der Waals surface area contributed by atoms with Crippen LogP contribution < -0.4 is 5.73 Å². The molecule has 4 aliphatic rings. The summed E-state index contributed by atoms with van der Waals surface area (Å²) < 4.78 is 0. The standard InChI is InChI=1S/C23H38N2O2/c1-22-8-6-16(25-11-3-10-24)13-20(22)15(14-26)12-17-18-4-5-21(27)23(18,2)9-7-19(17)22/h15,17-20,26H,3-14,24H2,1-2H3. The highest BCUT2D eigenvalue weighted by Gasteiger charge is 2.61. The molecule has 0 radical (unpaired) electrons. The maximum atomic E-state index is 12.6. The van der Waals surface area contributed by atoms with E-state index in [0.717, 1.165) is 57.4 Å². The Hall–Kier alpha value is -0.740. The lowest BCUT2D eigenvalue weighted by atomic mass is 9.43. The molecular weight excluding hydrogens is 336 g/mol. The summed E-state index contributed by atoms with van der Waals surface area (Å²) >= 11 is 0. The predicted molar refractivity (Wildman–Crippen MR) is 109 cm³/mol. The molecule has 7 atom stereocenters. The third-order valence-corrected chi connectivity index (χ3v) is 9.32. The Kier molecular flexibility index (Phi) is 5.26. The highest BCUT2D eigenvalue weighted by Crippen LogP contribution is 2.66. The zero-order valence-electron chi connectivity index (χ0n) is 17.3. The van der Waals surface area contributed by atoms with Crippen LogP contribution in [-0.2, 0) is 4.79 Å². The lowest BCUT2D eigenvalue weighted by Gasteiger charge is -2.61. The van der Waals surface area contributed by atoms with E-state index < -0.39 is 0 Å². The topological polar surface area (TPSA) is 75.7 Å². The number of aliphatic imine (C=N–C) groups is 1. The fourth-order valence-corrected chi connectivity index (χ4v) is 7.75. The third-order valence-electron chi connectivity index (χ3n) is 9.32. The maximum absolute atomic E-state index is 12.6. The summed E-state index contributed by atoms with van der Waals surface area (Å²) in [4.78, 5) is 17.5. The molecule has 0 amide bonds. The molecule has 0 saturated heterocycles. The van der Waals surface area contributed by atoms with Crippen molar-refractivity contribution in [2.45, 2.75) is 71.6 Å². The van der Waals surface area contributed by atoms with Gasteiger partial charge in [0.15, 0.2) is 0 Å². The molecule has 27 heavy (non-hydrogen) atoms. The summed E-state index contributed by atoms with van der Waals surface area (Å²) in [6, 6.07) is 0. The molecule has 4 heteroatoms. The summed E-state index contributed by atoms with van der Waals surface area (Å²) in [6.07, 6.45) is 9.62. The van der Waals surface area contributed by atoms with Gasteiger partial charge in [0.2, 0.25) is 0 Å². The Labute approximate surface area is 164 Å². The lowest BCUT2D eigenvalue weighted by Crippen LogP contribution is -2.56. The van der Waals surface area contributed by atoms with Crippen molar-refractivity contribution >= 4 is 11.5 Å². The van der Waals surface area contributed by atoms with Gasteiger partial charge in [0.05, 0.1) is 0 Å². The molecule has 3 N–H and O–H groups in total. The minimum absolute atomic E-state index is 0.0755. The summed E-state index contributed by atoms with van der Waals surface area (Å²) in [6.45, 7) is 6.60. The second kappa shape index (κ2) is 7.26. The maximum Gasteiger partial charge on any atom is 0.139 e. The monoisotopic (exact) mass is 374 g/mol. The molecule has 0 bridgehead atoms. The summed E-state index contributed by atoms with van der Waals surface area (Å²) in [5.74, 6) is 3.33. The highest BCUT2D eigenvalue weighted by atomic mass is 16.3. The van der Waals surface area contributed by atoms with E-state index in [1.807, 2.05) is 0 Å². The number of aliphatic hydroxyl groups is 1. The molecule has 4 rings (SSSR count). The van der Waals surface area contributed by atoms with Gasteiger partial charge >= 0.3 is 0 Å². The second-order valence-electron chi connectivity index (χ2n) is 10.4. The first-order chi connectivity index (χ1) is 12.9. The van der Waals surface area contributed by atoms with Gasteiger partial charge in [0.1, 0.15) is 5.78 Å². The zero-order valence-corrected chi connectivity index (χ0v) is 17.3. The number of carbonyl (C=O) groups excluding carboxylic acids is 1. The third kappa shape index (κ3) is 3.02. The van der Waals surface area contributed by atoms with E-state index in [1.54, 1.807) is 0 Å². The Morgan fingerprint density at radius 2 is 1.96 bits per heavy atom. The van der Waals surface area contributed by atoms with Crippen molar-refractivity contribution < 1.29 is 9.90 Å². The average molecular weight is 375 g/mol. The highest BCUT2D eigenvalue weighted by molar-refractivity contribution is 5.87. The lowest BCUT2D eigenvalue weighted by molar-refractivity contribution is -0.144. The zero-order chi connectivity index (χ0) is 19.2.